The molecule has 4 aromatic rings. The third kappa shape index (κ3) is 5.02. The van der Waals surface area contributed by atoms with Crippen molar-refractivity contribution in [2.24, 2.45) is 0 Å². The van der Waals surface area contributed by atoms with Crippen molar-refractivity contribution in [2.75, 3.05) is 6.61 Å². The lowest BCUT2D eigenvalue weighted by molar-refractivity contribution is -0.121. The number of fused-ring (bicyclic) bond motifs is 1. The molecule has 5 heteroatoms. The smallest absolute Gasteiger partial charge is 0.223 e. The Labute approximate surface area is 169 Å². The summed E-state index contributed by atoms with van der Waals surface area (Å²) in [5, 5.41) is 9.54. The van der Waals surface area contributed by atoms with Gasteiger partial charge in [-0.25, -0.2) is 0 Å². The van der Waals surface area contributed by atoms with Crippen LogP contribution in [0.15, 0.2) is 85.2 Å². The highest BCUT2D eigenvalue weighted by Crippen LogP contribution is 2.20. The zero-order chi connectivity index (χ0) is 19.9. The number of rotatable bonds is 8. The van der Waals surface area contributed by atoms with E-state index >= 15 is 0 Å². The molecule has 0 fully saturated rings. The average Bonchev–Trinajstić information content (AvgIpc) is 3.26. The van der Waals surface area contributed by atoms with Gasteiger partial charge in [-0.05, 0) is 40.1 Å². The standard InChI is InChI=1S/C24H23N3O2/c28-24(12-15-29-23-11-10-19-6-1-2-7-20(19)16-23)25-17-21-8-3-4-9-22(21)18-27-14-5-13-26-27/h1-11,13-14,16H,12,15,17-18H2,(H,25,28). The molecule has 0 bridgehead atoms. The summed E-state index contributed by atoms with van der Waals surface area (Å²) in [5.41, 5.74) is 2.23. The molecule has 0 aliphatic heterocycles. The van der Waals surface area contributed by atoms with Crippen molar-refractivity contribution >= 4 is 16.7 Å². The third-order valence-corrected chi connectivity index (χ3v) is 4.80. The number of benzene rings is 3. The molecule has 1 heterocycles. The van der Waals surface area contributed by atoms with E-state index in [9.17, 15) is 4.79 Å². The van der Waals surface area contributed by atoms with Gasteiger partial charge < -0.3 is 10.1 Å². The Balaban J connectivity index is 1.27. The highest BCUT2D eigenvalue weighted by molar-refractivity contribution is 5.83. The van der Waals surface area contributed by atoms with Crippen LogP contribution in [0, 0.1) is 0 Å². The van der Waals surface area contributed by atoms with Crippen molar-refractivity contribution in [1.82, 2.24) is 15.1 Å². The van der Waals surface area contributed by atoms with E-state index in [0.717, 1.165) is 22.3 Å². The van der Waals surface area contributed by atoms with Gasteiger partial charge in [0.15, 0.2) is 0 Å². The minimum Gasteiger partial charge on any atom is -0.493 e. The van der Waals surface area contributed by atoms with Gasteiger partial charge in [-0.2, -0.15) is 5.10 Å². The number of hydrogen-bond acceptors (Lipinski definition) is 3. The second-order valence-electron chi connectivity index (χ2n) is 6.86. The Morgan fingerprint density at radius 3 is 2.55 bits per heavy atom. The van der Waals surface area contributed by atoms with Crippen LogP contribution >= 0.6 is 0 Å². The summed E-state index contributed by atoms with van der Waals surface area (Å²) < 4.78 is 7.63. The van der Waals surface area contributed by atoms with Crippen LogP contribution in [0.4, 0.5) is 0 Å². The molecule has 1 N–H and O–H groups in total. The molecule has 0 atom stereocenters. The topological polar surface area (TPSA) is 56.1 Å². The molecule has 4 rings (SSSR count). The Morgan fingerprint density at radius 1 is 0.931 bits per heavy atom. The van der Waals surface area contributed by atoms with Crippen LogP contribution in [0.25, 0.3) is 10.8 Å². The summed E-state index contributed by atoms with van der Waals surface area (Å²) in [6.07, 6.45) is 4.01. The van der Waals surface area contributed by atoms with Crippen LogP contribution in [0.3, 0.4) is 0 Å². The number of nitrogens with zero attached hydrogens (tertiary/aromatic N) is 2. The normalized spacial score (nSPS) is 10.8. The lowest BCUT2D eigenvalue weighted by atomic mass is 10.1. The Morgan fingerprint density at radius 2 is 1.72 bits per heavy atom. The van der Waals surface area contributed by atoms with Crippen LogP contribution in [-0.4, -0.2) is 22.3 Å². The summed E-state index contributed by atoms with van der Waals surface area (Å²) in [5.74, 6) is 0.751. The van der Waals surface area contributed by atoms with Crippen LogP contribution in [-0.2, 0) is 17.9 Å². The van der Waals surface area contributed by atoms with Gasteiger partial charge in [-0.1, -0.05) is 54.6 Å². The second-order valence-corrected chi connectivity index (χ2v) is 6.86. The highest BCUT2D eigenvalue weighted by atomic mass is 16.5. The largest absolute Gasteiger partial charge is 0.493 e. The van der Waals surface area contributed by atoms with Gasteiger partial charge in [0.2, 0.25) is 5.91 Å². The summed E-state index contributed by atoms with van der Waals surface area (Å²) in [4.78, 5) is 12.2. The first-order valence-electron chi connectivity index (χ1n) is 9.70. The van der Waals surface area contributed by atoms with Gasteiger partial charge in [0.1, 0.15) is 5.75 Å². The van der Waals surface area contributed by atoms with E-state index in [0.29, 0.717) is 26.1 Å². The fourth-order valence-corrected chi connectivity index (χ4v) is 3.25. The Bertz CT molecular complexity index is 1090. The monoisotopic (exact) mass is 385 g/mol. The molecule has 0 aliphatic carbocycles. The predicted molar refractivity (Wildman–Crippen MR) is 114 cm³/mol. The molecule has 5 nitrogen and oxygen atoms in total. The zero-order valence-corrected chi connectivity index (χ0v) is 16.1. The van der Waals surface area contributed by atoms with Gasteiger partial charge in [0, 0.05) is 18.9 Å². The van der Waals surface area contributed by atoms with Gasteiger partial charge in [-0.15, -0.1) is 0 Å². The molecule has 0 saturated heterocycles. The van der Waals surface area contributed by atoms with Crippen LogP contribution in [0.1, 0.15) is 17.5 Å². The predicted octanol–water partition coefficient (Wildman–Crippen LogP) is 4.17. The van der Waals surface area contributed by atoms with E-state index in [4.69, 9.17) is 4.74 Å². The number of aromatic nitrogens is 2. The van der Waals surface area contributed by atoms with Crippen molar-refractivity contribution in [3.63, 3.8) is 0 Å². The maximum absolute atomic E-state index is 12.2. The van der Waals surface area contributed by atoms with Gasteiger partial charge in [0.25, 0.3) is 0 Å². The fourth-order valence-electron chi connectivity index (χ4n) is 3.25. The fraction of sp³-hybridized carbons (Fsp3) is 0.167. The van der Waals surface area contributed by atoms with Crippen molar-refractivity contribution in [1.29, 1.82) is 0 Å². The van der Waals surface area contributed by atoms with Gasteiger partial charge in [0.05, 0.1) is 19.6 Å². The lowest BCUT2D eigenvalue weighted by Gasteiger charge is -2.11. The lowest BCUT2D eigenvalue weighted by Crippen LogP contribution is -2.25. The SMILES string of the molecule is O=C(CCOc1ccc2ccccc2c1)NCc1ccccc1Cn1cccn1. The number of nitrogens with one attached hydrogen (secondary N) is 1. The van der Waals surface area contributed by atoms with Crippen molar-refractivity contribution in [3.8, 4) is 5.75 Å². The number of hydrogen-bond donors (Lipinski definition) is 1. The van der Waals surface area contributed by atoms with Crippen molar-refractivity contribution < 1.29 is 9.53 Å². The number of amides is 1. The summed E-state index contributed by atoms with van der Waals surface area (Å²) in [6, 6.07) is 24.1. The van der Waals surface area contributed by atoms with Crippen LogP contribution in [0.5, 0.6) is 5.75 Å². The maximum atomic E-state index is 12.2. The van der Waals surface area contributed by atoms with Gasteiger partial charge in [-0.3, -0.25) is 9.48 Å². The van der Waals surface area contributed by atoms with Crippen molar-refractivity contribution in [3.05, 3.63) is 96.3 Å². The molecule has 1 amide bonds. The first kappa shape index (κ1) is 18.7. The van der Waals surface area contributed by atoms with Crippen LogP contribution in [0.2, 0.25) is 0 Å². The third-order valence-electron chi connectivity index (χ3n) is 4.80. The minimum absolute atomic E-state index is 0.0281. The number of ether oxygens (including phenoxy) is 1. The molecular formula is C24H23N3O2. The molecule has 0 radical (unpaired) electrons. The molecule has 29 heavy (non-hydrogen) atoms. The van der Waals surface area contributed by atoms with Crippen LogP contribution < -0.4 is 10.1 Å². The van der Waals surface area contributed by atoms with E-state index in [1.54, 1.807) is 6.20 Å². The minimum atomic E-state index is -0.0281. The van der Waals surface area contributed by atoms with Gasteiger partial charge >= 0.3 is 0 Å². The number of carbonyl (C=O) groups excluding carboxylic acids is 1. The summed E-state index contributed by atoms with van der Waals surface area (Å²) >= 11 is 0. The van der Waals surface area contributed by atoms with E-state index in [1.165, 1.54) is 5.39 Å². The molecule has 1 aromatic heterocycles. The van der Waals surface area contributed by atoms with E-state index < -0.39 is 0 Å². The molecule has 3 aromatic carbocycles. The highest BCUT2D eigenvalue weighted by Gasteiger charge is 2.06. The molecule has 0 spiro atoms. The first-order valence-corrected chi connectivity index (χ1v) is 9.70. The summed E-state index contributed by atoms with van der Waals surface area (Å²) in [6.45, 7) is 1.52. The van der Waals surface area contributed by atoms with E-state index in [1.807, 2.05) is 65.5 Å². The average molecular weight is 385 g/mol. The zero-order valence-electron chi connectivity index (χ0n) is 16.1. The van der Waals surface area contributed by atoms with E-state index in [-0.39, 0.29) is 5.91 Å². The molecule has 146 valence electrons. The first-order chi connectivity index (χ1) is 14.3. The van der Waals surface area contributed by atoms with E-state index in [2.05, 4.69) is 28.6 Å². The molecule has 0 aliphatic rings. The Hall–Kier alpha value is -3.60. The Kier molecular flexibility index (Phi) is 5.86. The quantitative estimate of drug-likeness (QED) is 0.495. The number of carbonyl (C=O) groups is 1. The molecule has 0 unspecified atom stereocenters. The summed E-state index contributed by atoms with van der Waals surface area (Å²) in [7, 11) is 0. The molecular weight excluding hydrogens is 362 g/mol. The van der Waals surface area contributed by atoms with Crippen molar-refractivity contribution in [2.45, 2.75) is 19.5 Å². The maximum Gasteiger partial charge on any atom is 0.223 e. The molecule has 0 saturated carbocycles. The second kappa shape index (κ2) is 9.06.